The number of nitrogens with zero attached hydrogens (tertiary/aromatic N) is 3. The Morgan fingerprint density at radius 3 is 2.75 bits per heavy atom. The number of fused-ring (bicyclic) bond motifs is 1. The summed E-state index contributed by atoms with van der Waals surface area (Å²) in [5.41, 5.74) is 10.1. The first kappa shape index (κ1) is 12.8. The summed E-state index contributed by atoms with van der Waals surface area (Å²) >= 11 is 0. The van der Waals surface area contributed by atoms with Crippen LogP contribution in [0.25, 0.3) is 11.0 Å². The highest BCUT2D eigenvalue weighted by atomic mass is 15.1. The van der Waals surface area contributed by atoms with Crippen LogP contribution in [0.2, 0.25) is 0 Å². The molecule has 2 heterocycles. The Morgan fingerprint density at radius 1 is 1.10 bits per heavy atom. The van der Waals surface area contributed by atoms with Crippen LogP contribution in [0.3, 0.4) is 0 Å². The maximum atomic E-state index is 5.78. The van der Waals surface area contributed by atoms with E-state index in [9.17, 15) is 0 Å². The second kappa shape index (κ2) is 5.43. The third-order valence-electron chi connectivity index (χ3n) is 3.64. The smallest absolute Gasteiger partial charge is 0.109 e. The molecule has 20 heavy (non-hydrogen) atoms. The molecule has 0 bridgehead atoms. The molecular formula is C16H18N4. The van der Waals surface area contributed by atoms with Crippen molar-refractivity contribution in [1.82, 2.24) is 14.5 Å². The maximum absolute atomic E-state index is 5.78. The van der Waals surface area contributed by atoms with Crippen molar-refractivity contribution in [2.45, 2.75) is 19.4 Å². The minimum atomic E-state index is 0.522. The maximum Gasteiger partial charge on any atom is 0.109 e. The second-order valence-electron chi connectivity index (χ2n) is 4.90. The van der Waals surface area contributed by atoms with Crippen LogP contribution in [0.1, 0.15) is 17.1 Å². The highest BCUT2D eigenvalue weighted by Crippen LogP contribution is 2.19. The molecule has 4 heteroatoms. The number of hydrogen-bond donors (Lipinski definition) is 1. The third-order valence-corrected chi connectivity index (χ3v) is 3.64. The molecule has 1 aromatic carbocycles. The van der Waals surface area contributed by atoms with E-state index in [2.05, 4.69) is 22.7 Å². The minimum absolute atomic E-state index is 0.522. The molecule has 0 aliphatic carbocycles. The lowest BCUT2D eigenvalue weighted by molar-refractivity contribution is 0.776. The molecule has 0 amide bonds. The van der Waals surface area contributed by atoms with Crippen LogP contribution in [-0.4, -0.2) is 14.5 Å². The Balaban J connectivity index is 1.90. The average molecular weight is 266 g/mol. The second-order valence-corrected chi connectivity index (χ2v) is 4.90. The van der Waals surface area contributed by atoms with Gasteiger partial charge in [-0.1, -0.05) is 18.2 Å². The lowest BCUT2D eigenvalue weighted by atomic mass is 10.2. The van der Waals surface area contributed by atoms with Gasteiger partial charge in [0.15, 0.2) is 0 Å². The Hall–Kier alpha value is -2.20. The molecule has 0 saturated heterocycles. The number of hydrogen-bond acceptors (Lipinski definition) is 3. The van der Waals surface area contributed by atoms with Crippen LogP contribution in [0.5, 0.6) is 0 Å². The first-order valence-corrected chi connectivity index (χ1v) is 6.83. The lowest BCUT2D eigenvalue weighted by Crippen LogP contribution is -2.01. The van der Waals surface area contributed by atoms with E-state index in [1.54, 1.807) is 0 Å². The van der Waals surface area contributed by atoms with E-state index in [0.29, 0.717) is 6.54 Å². The molecule has 0 radical (unpaired) electrons. The van der Waals surface area contributed by atoms with Gasteiger partial charge < -0.3 is 10.3 Å². The quantitative estimate of drug-likeness (QED) is 0.787. The van der Waals surface area contributed by atoms with E-state index in [1.165, 1.54) is 0 Å². The Labute approximate surface area is 118 Å². The monoisotopic (exact) mass is 266 g/mol. The highest BCUT2D eigenvalue weighted by Gasteiger charge is 2.10. The summed E-state index contributed by atoms with van der Waals surface area (Å²) in [6.45, 7) is 0.522. The molecule has 0 saturated carbocycles. The number of imidazole rings is 1. The van der Waals surface area contributed by atoms with Gasteiger partial charge in [0.2, 0.25) is 0 Å². The fourth-order valence-electron chi connectivity index (χ4n) is 2.49. The van der Waals surface area contributed by atoms with Gasteiger partial charge in [-0.15, -0.1) is 0 Å². The van der Waals surface area contributed by atoms with E-state index in [1.807, 2.05) is 36.5 Å². The van der Waals surface area contributed by atoms with Crippen LogP contribution >= 0.6 is 0 Å². The molecule has 3 rings (SSSR count). The van der Waals surface area contributed by atoms with Gasteiger partial charge in [0, 0.05) is 31.9 Å². The molecule has 102 valence electrons. The zero-order valence-electron chi connectivity index (χ0n) is 11.6. The van der Waals surface area contributed by atoms with Crippen LogP contribution in [0, 0.1) is 0 Å². The van der Waals surface area contributed by atoms with Gasteiger partial charge in [-0.05, 0) is 30.2 Å². The molecule has 0 aliphatic heterocycles. The summed E-state index contributed by atoms with van der Waals surface area (Å²) in [5.74, 6) is 1.08. The van der Waals surface area contributed by atoms with Crippen molar-refractivity contribution in [3.63, 3.8) is 0 Å². The molecule has 4 nitrogen and oxygen atoms in total. The molecule has 3 aromatic rings. The largest absolute Gasteiger partial charge is 0.331 e. The fraction of sp³-hybridized carbons (Fsp3) is 0.250. The summed E-state index contributed by atoms with van der Waals surface area (Å²) < 4.78 is 2.15. The number of para-hydroxylation sites is 1. The van der Waals surface area contributed by atoms with Crippen molar-refractivity contribution in [2.24, 2.45) is 12.8 Å². The van der Waals surface area contributed by atoms with E-state index < -0.39 is 0 Å². The Kier molecular flexibility index (Phi) is 3.48. The standard InChI is InChI=1S/C16H18N4/c1-20-14-7-4-5-12(11-17)16(14)19-15(20)9-8-13-6-2-3-10-18-13/h2-7,10H,8-9,11,17H2,1H3. The molecule has 0 fully saturated rings. The Morgan fingerprint density at radius 2 is 2.00 bits per heavy atom. The van der Waals surface area contributed by atoms with E-state index in [0.717, 1.165) is 41.0 Å². The zero-order chi connectivity index (χ0) is 13.9. The summed E-state index contributed by atoms with van der Waals surface area (Å²) in [7, 11) is 2.06. The number of aromatic nitrogens is 3. The van der Waals surface area contributed by atoms with E-state index in [4.69, 9.17) is 10.7 Å². The van der Waals surface area contributed by atoms with Gasteiger partial charge in [-0.2, -0.15) is 0 Å². The SMILES string of the molecule is Cn1c(CCc2ccccn2)nc2c(CN)cccc21. The minimum Gasteiger partial charge on any atom is -0.331 e. The number of rotatable bonds is 4. The van der Waals surface area contributed by atoms with Crippen LogP contribution in [-0.2, 0) is 26.4 Å². The van der Waals surface area contributed by atoms with Crippen LogP contribution in [0.15, 0.2) is 42.6 Å². The summed E-state index contributed by atoms with van der Waals surface area (Å²) in [4.78, 5) is 9.11. The van der Waals surface area contributed by atoms with Gasteiger partial charge in [0.05, 0.1) is 11.0 Å². The predicted octanol–water partition coefficient (Wildman–Crippen LogP) is 2.21. The van der Waals surface area contributed by atoms with Crippen molar-refractivity contribution in [3.8, 4) is 0 Å². The van der Waals surface area contributed by atoms with Crippen molar-refractivity contribution in [3.05, 3.63) is 59.7 Å². The topological polar surface area (TPSA) is 56.7 Å². The van der Waals surface area contributed by atoms with Crippen molar-refractivity contribution in [2.75, 3.05) is 0 Å². The Bertz CT molecular complexity index is 716. The van der Waals surface area contributed by atoms with Crippen LogP contribution in [0.4, 0.5) is 0 Å². The predicted molar refractivity (Wildman–Crippen MR) is 80.3 cm³/mol. The van der Waals surface area contributed by atoms with Gasteiger partial charge in [-0.3, -0.25) is 4.98 Å². The van der Waals surface area contributed by atoms with Crippen molar-refractivity contribution in [1.29, 1.82) is 0 Å². The average Bonchev–Trinajstić information content (AvgIpc) is 2.83. The summed E-state index contributed by atoms with van der Waals surface area (Å²) in [6, 6.07) is 12.2. The molecule has 0 atom stereocenters. The number of aryl methyl sites for hydroxylation is 3. The van der Waals surface area contributed by atoms with Crippen molar-refractivity contribution >= 4 is 11.0 Å². The van der Waals surface area contributed by atoms with Crippen LogP contribution < -0.4 is 5.73 Å². The summed E-state index contributed by atoms with van der Waals surface area (Å²) in [5, 5.41) is 0. The van der Waals surface area contributed by atoms with E-state index in [-0.39, 0.29) is 0 Å². The van der Waals surface area contributed by atoms with Gasteiger partial charge in [-0.25, -0.2) is 4.98 Å². The van der Waals surface area contributed by atoms with Gasteiger partial charge >= 0.3 is 0 Å². The highest BCUT2D eigenvalue weighted by molar-refractivity contribution is 5.79. The lowest BCUT2D eigenvalue weighted by Gasteiger charge is -2.02. The van der Waals surface area contributed by atoms with Gasteiger partial charge in [0.25, 0.3) is 0 Å². The first-order valence-electron chi connectivity index (χ1n) is 6.83. The fourth-order valence-corrected chi connectivity index (χ4v) is 2.49. The molecule has 0 aliphatic rings. The third kappa shape index (κ3) is 2.30. The normalized spacial score (nSPS) is 11.1. The van der Waals surface area contributed by atoms with E-state index >= 15 is 0 Å². The van der Waals surface area contributed by atoms with Gasteiger partial charge in [0.1, 0.15) is 5.82 Å². The molecule has 2 N–H and O–H groups in total. The number of pyridine rings is 1. The molecule has 2 aromatic heterocycles. The zero-order valence-corrected chi connectivity index (χ0v) is 11.6. The first-order chi connectivity index (χ1) is 9.79. The number of benzene rings is 1. The number of nitrogens with two attached hydrogens (primary N) is 1. The molecule has 0 spiro atoms. The molecule has 0 unspecified atom stereocenters. The molecular weight excluding hydrogens is 248 g/mol. The van der Waals surface area contributed by atoms with Crippen molar-refractivity contribution < 1.29 is 0 Å². The summed E-state index contributed by atoms with van der Waals surface area (Å²) in [6.07, 6.45) is 3.61.